The van der Waals surface area contributed by atoms with Gasteiger partial charge in [0.05, 0.1) is 11.0 Å². The molecule has 11 aromatic rings. The normalized spacial score (nSPS) is 13.9. The summed E-state index contributed by atoms with van der Waals surface area (Å²) in [4.78, 5) is 4.95. The Bertz CT molecular complexity index is 3510. The summed E-state index contributed by atoms with van der Waals surface area (Å²) in [5.74, 6) is 0. The van der Waals surface area contributed by atoms with Gasteiger partial charge in [-0.2, -0.15) is 0 Å². The predicted molar refractivity (Wildman–Crippen MR) is 259 cm³/mol. The third kappa shape index (κ3) is 3.81. The van der Waals surface area contributed by atoms with Crippen LogP contribution >= 0.6 is 0 Å². The quantitative estimate of drug-likeness (QED) is 0.163. The Balaban J connectivity index is 1.07. The summed E-state index contributed by atoms with van der Waals surface area (Å²) in [5.41, 5.74) is 24.5. The molecule has 0 saturated heterocycles. The highest BCUT2D eigenvalue weighted by molar-refractivity contribution is 7.01. The minimum atomic E-state index is 0.114. The molecule has 4 aliphatic rings. The predicted octanol–water partition coefficient (Wildman–Crippen LogP) is 9.41. The molecule has 0 bridgehead atoms. The van der Waals surface area contributed by atoms with E-state index in [1.54, 1.807) is 0 Å². The average molecular weight is 773 g/mol. The van der Waals surface area contributed by atoms with Gasteiger partial charge in [0.15, 0.2) is 0 Å². The van der Waals surface area contributed by atoms with Gasteiger partial charge < -0.3 is 18.9 Å². The second-order valence-electron chi connectivity index (χ2n) is 17.2. The molecular weight excluding hydrogens is 738 g/mol. The number of fused-ring (bicyclic) bond motifs is 14. The monoisotopic (exact) mass is 772 g/mol. The molecule has 2 aromatic heterocycles. The summed E-state index contributed by atoms with van der Waals surface area (Å²) in [5, 5.41) is 5.33. The van der Waals surface area contributed by atoms with Crippen molar-refractivity contribution in [2.75, 3.05) is 9.80 Å². The van der Waals surface area contributed by atoms with Crippen LogP contribution in [0.25, 0.3) is 55.0 Å². The van der Waals surface area contributed by atoms with Crippen molar-refractivity contribution < 1.29 is 0 Å². The molecule has 0 radical (unpaired) electrons. The van der Waals surface area contributed by atoms with Crippen LogP contribution in [0.4, 0.5) is 34.1 Å². The Morgan fingerprint density at radius 3 is 1.20 bits per heavy atom. The van der Waals surface area contributed by atoms with E-state index in [4.69, 9.17) is 0 Å². The molecule has 4 nitrogen and oxygen atoms in total. The maximum Gasteiger partial charge on any atom is 0.252 e. The fourth-order valence-corrected chi connectivity index (χ4v) is 12.3. The van der Waals surface area contributed by atoms with Crippen molar-refractivity contribution in [1.82, 2.24) is 9.13 Å². The van der Waals surface area contributed by atoms with Gasteiger partial charge in [0.2, 0.25) is 0 Å². The van der Waals surface area contributed by atoms with Crippen LogP contribution in [0.15, 0.2) is 188 Å². The Morgan fingerprint density at radius 2 is 0.721 bits per heavy atom. The second kappa shape index (κ2) is 11.3. The first-order chi connectivity index (χ1) is 30.3. The number of hydrogen-bond donors (Lipinski definition) is 0. The van der Waals surface area contributed by atoms with Crippen LogP contribution in [0.3, 0.4) is 0 Å². The number of benzene rings is 9. The smallest absolute Gasteiger partial charge is 0.252 e. The van der Waals surface area contributed by atoms with Crippen LogP contribution in [0.2, 0.25) is 0 Å². The van der Waals surface area contributed by atoms with Crippen LogP contribution in [-0.4, -0.2) is 22.6 Å². The van der Waals surface area contributed by atoms with Crippen molar-refractivity contribution in [3.05, 3.63) is 194 Å². The molecule has 0 atom stereocenters. The Kier molecular flexibility index (Phi) is 5.97. The Hall–Kier alpha value is -7.69. The van der Waals surface area contributed by atoms with E-state index in [1.807, 2.05) is 0 Å². The minimum Gasteiger partial charge on any atom is -0.311 e. The van der Waals surface area contributed by atoms with Gasteiger partial charge in [0.1, 0.15) is 0 Å². The lowest BCUT2D eigenvalue weighted by Gasteiger charge is -2.40. The minimum absolute atomic E-state index is 0.114. The molecule has 0 saturated carbocycles. The molecule has 9 aromatic carbocycles. The van der Waals surface area contributed by atoms with Crippen LogP contribution in [0.1, 0.15) is 5.56 Å². The zero-order chi connectivity index (χ0) is 39.7. The van der Waals surface area contributed by atoms with Crippen LogP contribution in [0, 0.1) is 6.92 Å². The van der Waals surface area contributed by atoms with Gasteiger partial charge in [-0.15, -0.1) is 0 Å². The van der Waals surface area contributed by atoms with Crippen molar-refractivity contribution in [3.63, 3.8) is 0 Å². The number of aromatic nitrogens is 2. The van der Waals surface area contributed by atoms with Crippen molar-refractivity contribution in [2.24, 2.45) is 0 Å². The number of hydrogen-bond acceptors (Lipinski definition) is 2. The molecule has 0 amide bonds. The number of rotatable bonds is 2. The van der Waals surface area contributed by atoms with Gasteiger partial charge in [0, 0.05) is 78.1 Å². The first-order valence-electron chi connectivity index (χ1n) is 21.4. The first-order valence-corrected chi connectivity index (χ1v) is 21.4. The molecule has 6 heteroatoms. The maximum atomic E-state index is 2.62. The lowest BCUT2D eigenvalue weighted by Crippen LogP contribution is -2.60. The standard InChI is InChI=1S/C55H34B2N4/c1-33-50-36-20-12-24-40-54(36)60(46-30-14-28-44-52(46)56(40)38-22-8-10-26-42(38)58(44)34-16-4-2-5-17-34)48(50)32-49-51(33)37-21-13-25-41-55(37)61(49)47-31-15-29-45-53(47)57(41)39-23-9-11-27-43(39)59(45)35-18-6-3-7-19-35/h2-32H,1H3. The Labute approximate surface area is 353 Å². The van der Waals surface area contributed by atoms with Gasteiger partial charge in [-0.05, 0) is 112 Å². The zero-order valence-electron chi connectivity index (χ0n) is 33.3. The SMILES string of the molecule is Cc1c2c3cccc4c3n(c2cc2c1c1cccc3c1n2-c1cccc2c1B3c1ccccc1N2c1ccccc1)-c1cccc2c1B4c1ccccc1N2c1ccccc1. The van der Waals surface area contributed by atoms with Crippen LogP contribution in [0.5, 0.6) is 0 Å². The van der Waals surface area contributed by atoms with Crippen molar-refractivity contribution in [1.29, 1.82) is 0 Å². The summed E-state index contributed by atoms with van der Waals surface area (Å²) in [6, 6.07) is 70.4. The lowest BCUT2D eigenvalue weighted by molar-refractivity contribution is 1.16. The summed E-state index contributed by atoms with van der Waals surface area (Å²) < 4.78 is 5.23. The first kappa shape index (κ1) is 32.2. The van der Waals surface area contributed by atoms with E-state index in [1.165, 1.54) is 127 Å². The van der Waals surface area contributed by atoms with E-state index in [0.717, 1.165) is 0 Å². The third-order valence-corrected chi connectivity index (χ3v) is 14.4. The highest BCUT2D eigenvalue weighted by Crippen LogP contribution is 2.47. The Morgan fingerprint density at radius 1 is 0.344 bits per heavy atom. The summed E-state index contributed by atoms with van der Waals surface area (Å²) in [7, 11) is 0. The molecule has 0 unspecified atom stereocenters. The number of aryl methyl sites for hydroxylation is 1. The molecule has 6 heterocycles. The zero-order valence-corrected chi connectivity index (χ0v) is 33.3. The second-order valence-corrected chi connectivity index (χ2v) is 17.2. The van der Waals surface area contributed by atoms with E-state index < -0.39 is 0 Å². The molecule has 0 aliphatic carbocycles. The fraction of sp³-hybridized carbons (Fsp3) is 0.0182. The van der Waals surface area contributed by atoms with E-state index >= 15 is 0 Å². The third-order valence-electron chi connectivity index (χ3n) is 14.4. The van der Waals surface area contributed by atoms with Gasteiger partial charge in [-0.25, -0.2) is 0 Å². The molecule has 0 N–H and O–H groups in total. The topological polar surface area (TPSA) is 16.3 Å². The lowest BCUT2D eigenvalue weighted by atomic mass is 9.34. The highest BCUT2D eigenvalue weighted by atomic mass is 15.2. The summed E-state index contributed by atoms with van der Waals surface area (Å²) >= 11 is 0. The average Bonchev–Trinajstić information content (AvgIpc) is 3.84. The van der Waals surface area contributed by atoms with E-state index in [2.05, 4.69) is 214 Å². The summed E-state index contributed by atoms with van der Waals surface area (Å²) in [6.07, 6.45) is 0. The fourth-order valence-electron chi connectivity index (χ4n) is 12.3. The number of para-hydroxylation sites is 6. The van der Waals surface area contributed by atoms with Crippen molar-refractivity contribution in [2.45, 2.75) is 6.92 Å². The van der Waals surface area contributed by atoms with Crippen molar-refractivity contribution in [3.8, 4) is 11.4 Å². The molecule has 280 valence electrons. The molecule has 0 fully saturated rings. The van der Waals surface area contributed by atoms with Gasteiger partial charge in [-0.3, -0.25) is 0 Å². The maximum absolute atomic E-state index is 2.62. The van der Waals surface area contributed by atoms with Crippen molar-refractivity contribution >= 4 is 124 Å². The molecular formula is C55H34B2N4. The largest absolute Gasteiger partial charge is 0.311 e. The van der Waals surface area contributed by atoms with Gasteiger partial charge in [0.25, 0.3) is 13.4 Å². The van der Waals surface area contributed by atoms with Gasteiger partial charge >= 0.3 is 0 Å². The van der Waals surface area contributed by atoms with E-state index in [0.29, 0.717) is 0 Å². The van der Waals surface area contributed by atoms with Gasteiger partial charge in [-0.1, -0.05) is 121 Å². The molecule has 4 aliphatic heterocycles. The molecule has 0 spiro atoms. The number of anilines is 6. The van der Waals surface area contributed by atoms with Crippen LogP contribution < -0.4 is 42.6 Å². The van der Waals surface area contributed by atoms with E-state index in [9.17, 15) is 0 Å². The summed E-state index contributed by atoms with van der Waals surface area (Å²) in [6.45, 7) is 2.61. The molecule has 61 heavy (non-hydrogen) atoms. The van der Waals surface area contributed by atoms with Crippen LogP contribution in [-0.2, 0) is 0 Å². The number of nitrogens with zero attached hydrogens (tertiary/aromatic N) is 4. The molecule has 15 rings (SSSR count). The van der Waals surface area contributed by atoms with E-state index in [-0.39, 0.29) is 13.4 Å². The highest BCUT2D eigenvalue weighted by Gasteiger charge is 2.44.